The fourth-order valence-corrected chi connectivity index (χ4v) is 2.96. The molecule has 19 heavy (non-hydrogen) atoms. The van der Waals surface area contributed by atoms with E-state index in [1.165, 1.54) is 0 Å². The van der Waals surface area contributed by atoms with Gasteiger partial charge in [0.1, 0.15) is 0 Å². The van der Waals surface area contributed by atoms with Crippen molar-refractivity contribution in [1.29, 1.82) is 0 Å². The summed E-state index contributed by atoms with van der Waals surface area (Å²) >= 11 is 0. The standard InChI is InChI=1S/C13H16NO4P/c1-2-18-19(16,17)8-7-13(15)11-9-14-12-6-4-3-5-10(11)12/h3-6,9,14H,2,7-8H2,1H3,(H,16,17). The van der Waals surface area contributed by atoms with Crippen molar-refractivity contribution in [3.63, 3.8) is 0 Å². The SMILES string of the molecule is CCOP(=O)(O)CCC(=O)c1c[nH]c2ccccc12. The van der Waals surface area contributed by atoms with Crippen LogP contribution >= 0.6 is 7.60 Å². The summed E-state index contributed by atoms with van der Waals surface area (Å²) in [5, 5.41) is 0.830. The Morgan fingerprint density at radius 2 is 2.16 bits per heavy atom. The Balaban J connectivity index is 2.10. The first-order valence-electron chi connectivity index (χ1n) is 6.09. The van der Waals surface area contributed by atoms with Crippen molar-refractivity contribution < 1.29 is 18.8 Å². The van der Waals surface area contributed by atoms with Gasteiger partial charge in [0.25, 0.3) is 0 Å². The topological polar surface area (TPSA) is 79.4 Å². The lowest BCUT2D eigenvalue weighted by Crippen LogP contribution is -2.03. The maximum absolute atomic E-state index is 12.1. The number of hydrogen-bond acceptors (Lipinski definition) is 3. The van der Waals surface area contributed by atoms with Crippen molar-refractivity contribution >= 4 is 24.3 Å². The second-order valence-corrected chi connectivity index (χ2v) is 6.18. The summed E-state index contributed by atoms with van der Waals surface area (Å²) in [7, 11) is -3.64. The number of nitrogens with one attached hydrogen (secondary N) is 1. The summed E-state index contributed by atoms with van der Waals surface area (Å²) in [5.74, 6) is -0.161. The van der Waals surface area contributed by atoms with Crippen LogP contribution < -0.4 is 0 Å². The highest BCUT2D eigenvalue weighted by Crippen LogP contribution is 2.42. The molecule has 0 aliphatic carbocycles. The molecule has 0 fully saturated rings. The average Bonchev–Trinajstić information content (AvgIpc) is 2.80. The molecule has 1 aromatic heterocycles. The van der Waals surface area contributed by atoms with E-state index in [9.17, 15) is 14.3 Å². The molecule has 1 unspecified atom stereocenters. The van der Waals surface area contributed by atoms with Crippen LogP contribution in [0.2, 0.25) is 0 Å². The minimum absolute atomic E-state index is 0.00434. The molecule has 2 rings (SSSR count). The highest BCUT2D eigenvalue weighted by Gasteiger charge is 2.21. The smallest absolute Gasteiger partial charge is 0.328 e. The maximum Gasteiger partial charge on any atom is 0.328 e. The summed E-state index contributed by atoms with van der Waals surface area (Å²) in [6.45, 7) is 1.80. The van der Waals surface area contributed by atoms with Crippen LogP contribution in [0, 0.1) is 0 Å². The number of aromatic amines is 1. The maximum atomic E-state index is 12.1. The van der Waals surface area contributed by atoms with Gasteiger partial charge in [-0.15, -0.1) is 0 Å². The van der Waals surface area contributed by atoms with Crippen LogP contribution in [0.4, 0.5) is 0 Å². The van der Waals surface area contributed by atoms with Crippen LogP contribution in [0.15, 0.2) is 30.5 Å². The third-order valence-corrected chi connectivity index (χ3v) is 4.29. The highest BCUT2D eigenvalue weighted by atomic mass is 31.2. The van der Waals surface area contributed by atoms with Crippen molar-refractivity contribution in [2.75, 3.05) is 12.8 Å². The number of carbonyl (C=O) groups is 1. The number of H-pyrrole nitrogens is 1. The molecule has 1 heterocycles. The lowest BCUT2D eigenvalue weighted by atomic mass is 10.1. The number of rotatable bonds is 6. The Morgan fingerprint density at radius 1 is 1.42 bits per heavy atom. The second-order valence-electron chi connectivity index (χ2n) is 4.20. The number of carbonyl (C=O) groups excluding carboxylic acids is 1. The van der Waals surface area contributed by atoms with Gasteiger partial charge in [-0.05, 0) is 13.0 Å². The normalized spacial score (nSPS) is 14.4. The average molecular weight is 281 g/mol. The zero-order valence-electron chi connectivity index (χ0n) is 10.6. The van der Waals surface area contributed by atoms with Gasteiger partial charge >= 0.3 is 7.60 Å². The number of para-hydroxylation sites is 1. The molecular formula is C13H16NO4P. The molecule has 0 saturated heterocycles. The van der Waals surface area contributed by atoms with Gasteiger partial charge in [-0.3, -0.25) is 9.36 Å². The van der Waals surface area contributed by atoms with E-state index in [0.717, 1.165) is 10.9 Å². The lowest BCUT2D eigenvalue weighted by Gasteiger charge is -2.09. The van der Waals surface area contributed by atoms with Crippen LogP contribution in [-0.4, -0.2) is 28.4 Å². The summed E-state index contributed by atoms with van der Waals surface area (Å²) in [6, 6.07) is 7.46. The Labute approximate surface area is 111 Å². The molecule has 1 aromatic carbocycles. The molecule has 2 N–H and O–H groups in total. The minimum atomic E-state index is -3.64. The predicted octanol–water partition coefficient (Wildman–Crippen LogP) is 2.96. The molecule has 0 saturated carbocycles. The molecule has 0 spiro atoms. The third-order valence-electron chi connectivity index (χ3n) is 2.84. The highest BCUT2D eigenvalue weighted by molar-refractivity contribution is 7.52. The molecule has 5 nitrogen and oxygen atoms in total. The van der Waals surface area contributed by atoms with E-state index in [2.05, 4.69) is 4.98 Å². The molecule has 6 heteroatoms. The number of Topliss-reactive ketones (excluding diaryl/α,β-unsaturated/α-hetero) is 1. The molecule has 2 aromatic rings. The van der Waals surface area contributed by atoms with Crippen molar-refractivity contribution in [2.24, 2.45) is 0 Å². The lowest BCUT2D eigenvalue weighted by molar-refractivity contribution is 0.0987. The molecule has 0 radical (unpaired) electrons. The molecule has 0 amide bonds. The monoisotopic (exact) mass is 281 g/mol. The van der Waals surface area contributed by atoms with E-state index in [-0.39, 0.29) is 25.0 Å². The molecule has 102 valence electrons. The van der Waals surface area contributed by atoms with Crippen molar-refractivity contribution in [2.45, 2.75) is 13.3 Å². The number of ketones is 1. The quantitative estimate of drug-likeness (QED) is 0.630. The van der Waals surface area contributed by atoms with Gasteiger partial charge < -0.3 is 14.4 Å². The zero-order chi connectivity index (χ0) is 13.9. The van der Waals surface area contributed by atoms with Gasteiger partial charge in [-0.1, -0.05) is 18.2 Å². The van der Waals surface area contributed by atoms with Crippen molar-refractivity contribution in [3.05, 3.63) is 36.0 Å². The Kier molecular flexibility index (Phi) is 4.20. The van der Waals surface area contributed by atoms with E-state index in [1.54, 1.807) is 13.1 Å². The van der Waals surface area contributed by atoms with Crippen LogP contribution in [0.3, 0.4) is 0 Å². The number of benzene rings is 1. The number of aromatic nitrogens is 1. The van der Waals surface area contributed by atoms with Crippen molar-refractivity contribution in [3.8, 4) is 0 Å². The van der Waals surface area contributed by atoms with Gasteiger partial charge in [0, 0.05) is 29.1 Å². The van der Waals surface area contributed by atoms with E-state index in [0.29, 0.717) is 5.56 Å². The third kappa shape index (κ3) is 3.32. The van der Waals surface area contributed by atoms with Gasteiger partial charge in [0.15, 0.2) is 5.78 Å². The first-order valence-corrected chi connectivity index (χ1v) is 7.85. The van der Waals surface area contributed by atoms with E-state index < -0.39 is 7.60 Å². The Bertz CT molecular complexity index is 634. The number of hydrogen-bond donors (Lipinski definition) is 2. The largest absolute Gasteiger partial charge is 0.360 e. The molecule has 1 atom stereocenters. The van der Waals surface area contributed by atoms with E-state index in [1.807, 2.05) is 24.3 Å². The summed E-state index contributed by atoms with van der Waals surface area (Å²) in [6.07, 6.45) is 1.48. The van der Waals surface area contributed by atoms with Crippen molar-refractivity contribution in [1.82, 2.24) is 4.98 Å². The molecule has 0 bridgehead atoms. The Morgan fingerprint density at radius 3 is 2.89 bits per heavy atom. The predicted molar refractivity (Wildman–Crippen MR) is 73.6 cm³/mol. The fourth-order valence-electron chi connectivity index (χ4n) is 1.95. The van der Waals surface area contributed by atoms with Gasteiger partial charge in [-0.2, -0.15) is 0 Å². The second kappa shape index (κ2) is 5.70. The van der Waals surface area contributed by atoms with E-state index in [4.69, 9.17) is 4.52 Å². The van der Waals surface area contributed by atoms with Gasteiger partial charge in [0.05, 0.1) is 12.8 Å². The van der Waals surface area contributed by atoms with Crippen LogP contribution in [-0.2, 0) is 9.09 Å². The number of fused-ring (bicyclic) bond motifs is 1. The summed E-state index contributed by atoms with van der Waals surface area (Å²) < 4.78 is 16.3. The van der Waals surface area contributed by atoms with E-state index >= 15 is 0 Å². The first kappa shape index (κ1) is 14.0. The molecule has 0 aliphatic rings. The molecular weight excluding hydrogens is 265 g/mol. The van der Waals surface area contributed by atoms with Gasteiger partial charge in [0.2, 0.25) is 0 Å². The first-order chi connectivity index (χ1) is 9.03. The summed E-state index contributed by atoms with van der Waals surface area (Å²) in [5.41, 5.74) is 1.43. The van der Waals surface area contributed by atoms with Crippen LogP contribution in [0.1, 0.15) is 23.7 Å². The van der Waals surface area contributed by atoms with Crippen LogP contribution in [0.25, 0.3) is 10.9 Å². The summed E-state index contributed by atoms with van der Waals surface area (Å²) in [4.78, 5) is 24.5. The van der Waals surface area contributed by atoms with Crippen LogP contribution in [0.5, 0.6) is 0 Å². The molecule has 0 aliphatic heterocycles. The Hall–Kier alpha value is -1.42. The fraction of sp³-hybridized carbons (Fsp3) is 0.308. The zero-order valence-corrected chi connectivity index (χ0v) is 11.5. The minimum Gasteiger partial charge on any atom is -0.360 e. The van der Waals surface area contributed by atoms with Gasteiger partial charge in [-0.25, -0.2) is 0 Å².